The molecule has 3 nitrogen and oxygen atoms in total. The van der Waals surface area contributed by atoms with Crippen molar-refractivity contribution in [2.24, 2.45) is 11.8 Å². The number of benzene rings is 1. The van der Waals surface area contributed by atoms with E-state index in [4.69, 9.17) is 4.74 Å². The zero-order valence-corrected chi connectivity index (χ0v) is 15.4. The molecule has 0 bridgehead atoms. The van der Waals surface area contributed by atoms with Gasteiger partial charge in [0, 0.05) is 37.8 Å². The first-order chi connectivity index (χ1) is 11.5. The lowest BCUT2D eigenvalue weighted by Gasteiger charge is -2.31. The highest BCUT2D eigenvalue weighted by atomic mass is 16.5. The van der Waals surface area contributed by atoms with Gasteiger partial charge >= 0.3 is 0 Å². The summed E-state index contributed by atoms with van der Waals surface area (Å²) >= 11 is 0. The highest BCUT2D eigenvalue weighted by Crippen LogP contribution is 2.26. The van der Waals surface area contributed by atoms with Crippen LogP contribution in [0.1, 0.15) is 59.7 Å². The van der Waals surface area contributed by atoms with Crippen LogP contribution in [0.5, 0.6) is 0 Å². The number of rotatable bonds is 4. The number of ether oxygens (including phenoxy) is 1. The van der Waals surface area contributed by atoms with Gasteiger partial charge in [-0.25, -0.2) is 0 Å². The summed E-state index contributed by atoms with van der Waals surface area (Å²) in [6.45, 7) is 11.4. The van der Waals surface area contributed by atoms with Crippen LogP contribution in [0, 0.1) is 25.7 Å². The van der Waals surface area contributed by atoms with Gasteiger partial charge in [0.05, 0.1) is 0 Å². The lowest BCUT2D eigenvalue weighted by atomic mass is 9.86. The van der Waals surface area contributed by atoms with Crippen molar-refractivity contribution in [1.29, 1.82) is 0 Å². The first kappa shape index (κ1) is 17.6. The molecule has 2 saturated heterocycles. The van der Waals surface area contributed by atoms with Crippen LogP contribution in [-0.2, 0) is 11.3 Å². The average molecular weight is 329 g/mol. The van der Waals surface area contributed by atoms with E-state index in [9.17, 15) is 4.79 Å². The number of ketones is 1. The fourth-order valence-electron chi connectivity index (χ4n) is 4.20. The summed E-state index contributed by atoms with van der Waals surface area (Å²) in [5.41, 5.74) is 4.67. The second-order valence-electron chi connectivity index (χ2n) is 7.83. The Morgan fingerprint density at radius 1 is 1.21 bits per heavy atom. The van der Waals surface area contributed by atoms with Crippen LogP contribution >= 0.6 is 0 Å². The summed E-state index contributed by atoms with van der Waals surface area (Å²) in [6, 6.07) is 4.37. The van der Waals surface area contributed by atoms with Gasteiger partial charge in [-0.2, -0.15) is 0 Å². The molecule has 1 atom stereocenters. The molecule has 0 saturated carbocycles. The van der Waals surface area contributed by atoms with Gasteiger partial charge < -0.3 is 4.74 Å². The number of likely N-dealkylation sites (tertiary alicyclic amines) is 1. The van der Waals surface area contributed by atoms with Gasteiger partial charge in [0.1, 0.15) is 0 Å². The molecule has 0 radical (unpaired) electrons. The minimum Gasteiger partial charge on any atom is -0.381 e. The molecule has 3 heteroatoms. The van der Waals surface area contributed by atoms with Gasteiger partial charge in [-0.3, -0.25) is 9.69 Å². The van der Waals surface area contributed by atoms with Crippen molar-refractivity contribution in [2.75, 3.05) is 26.3 Å². The maximum absolute atomic E-state index is 13.0. The Balaban J connectivity index is 1.80. The molecule has 0 amide bonds. The lowest BCUT2D eigenvalue weighted by molar-refractivity contribution is 0.0544. The van der Waals surface area contributed by atoms with E-state index in [0.29, 0.717) is 5.78 Å². The van der Waals surface area contributed by atoms with Gasteiger partial charge in [-0.1, -0.05) is 18.6 Å². The third-order valence-electron chi connectivity index (χ3n) is 5.65. The summed E-state index contributed by atoms with van der Waals surface area (Å²) in [7, 11) is 0. The fraction of sp³-hybridized carbons (Fsp3) is 0.667. The number of piperidine rings is 1. The number of carbonyl (C=O) groups is 1. The van der Waals surface area contributed by atoms with E-state index in [-0.39, 0.29) is 5.92 Å². The van der Waals surface area contributed by atoms with Crippen LogP contribution in [0.15, 0.2) is 12.1 Å². The van der Waals surface area contributed by atoms with Crippen LogP contribution < -0.4 is 0 Å². The molecule has 0 aromatic heterocycles. The normalized spacial score (nSPS) is 23.4. The molecule has 0 spiro atoms. The Morgan fingerprint density at radius 3 is 2.67 bits per heavy atom. The first-order valence-corrected chi connectivity index (χ1v) is 9.49. The summed E-state index contributed by atoms with van der Waals surface area (Å²) in [5, 5.41) is 0. The second-order valence-corrected chi connectivity index (χ2v) is 7.83. The van der Waals surface area contributed by atoms with Gasteiger partial charge in [-0.05, 0) is 69.2 Å². The van der Waals surface area contributed by atoms with E-state index in [1.54, 1.807) is 0 Å². The summed E-state index contributed by atoms with van der Waals surface area (Å²) in [4.78, 5) is 15.6. The minimum absolute atomic E-state index is 0.141. The van der Waals surface area contributed by atoms with Crippen molar-refractivity contribution < 1.29 is 9.53 Å². The molecule has 2 heterocycles. The molecule has 0 N–H and O–H groups in total. The quantitative estimate of drug-likeness (QED) is 0.777. The molecule has 1 aromatic rings. The molecule has 2 aliphatic rings. The topological polar surface area (TPSA) is 29.5 Å². The highest BCUT2D eigenvalue weighted by Gasteiger charge is 2.25. The Hall–Kier alpha value is -1.19. The number of hydrogen-bond acceptors (Lipinski definition) is 3. The highest BCUT2D eigenvalue weighted by molar-refractivity contribution is 5.99. The lowest BCUT2D eigenvalue weighted by Crippen LogP contribution is -2.34. The minimum atomic E-state index is 0.141. The third kappa shape index (κ3) is 4.07. The second kappa shape index (κ2) is 7.79. The van der Waals surface area contributed by atoms with Gasteiger partial charge in [0.25, 0.3) is 0 Å². The van der Waals surface area contributed by atoms with Crippen molar-refractivity contribution >= 4 is 5.78 Å². The van der Waals surface area contributed by atoms with Gasteiger partial charge in [-0.15, -0.1) is 0 Å². The summed E-state index contributed by atoms with van der Waals surface area (Å²) < 4.78 is 5.42. The molecular formula is C21H31NO2. The molecule has 1 unspecified atom stereocenters. The van der Waals surface area contributed by atoms with E-state index in [0.717, 1.165) is 44.1 Å². The van der Waals surface area contributed by atoms with Crippen molar-refractivity contribution in [2.45, 2.75) is 53.0 Å². The smallest absolute Gasteiger partial charge is 0.166 e. The number of hydrogen-bond donors (Lipinski definition) is 0. The number of aryl methyl sites for hydroxylation is 1. The van der Waals surface area contributed by atoms with Crippen LogP contribution in [0.2, 0.25) is 0 Å². The zero-order valence-electron chi connectivity index (χ0n) is 15.4. The van der Waals surface area contributed by atoms with Crippen molar-refractivity contribution in [1.82, 2.24) is 4.90 Å². The third-order valence-corrected chi connectivity index (χ3v) is 5.65. The molecule has 24 heavy (non-hydrogen) atoms. The summed E-state index contributed by atoms with van der Waals surface area (Å²) in [5.74, 6) is 1.25. The Labute approximate surface area is 146 Å². The maximum Gasteiger partial charge on any atom is 0.166 e. The van der Waals surface area contributed by atoms with E-state index in [1.807, 2.05) is 0 Å². The van der Waals surface area contributed by atoms with Crippen LogP contribution in [0.25, 0.3) is 0 Å². The molecule has 132 valence electrons. The number of nitrogens with zero attached hydrogens (tertiary/aromatic N) is 1. The van der Waals surface area contributed by atoms with Crippen molar-refractivity contribution in [3.05, 3.63) is 34.4 Å². The van der Waals surface area contributed by atoms with E-state index in [2.05, 4.69) is 37.8 Å². The predicted octanol–water partition coefficient (Wildman–Crippen LogP) is 4.14. The van der Waals surface area contributed by atoms with E-state index < -0.39 is 0 Å². The average Bonchev–Trinajstić information content (AvgIpc) is 2.58. The monoisotopic (exact) mass is 329 g/mol. The number of Topliss-reactive ketones (excluding diaryl/α,β-unsaturated/α-hetero) is 1. The maximum atomic E-state index is 13.0. The molecule has 2 fully saturated rings. The molecular weight excluding hydrogens is 298 g/mol. The van der Waals surface area contributed by atoms with Gasteiger partial charge in [0.2, 0.25) is 0 Å². The van der Waals surface area contributed by atoms with Crippen molar-refractivity contribution in [3.8, 4) is 0 Å². The summed E-state index contributed by atoms with van der Waals surface area (Å²) in [6.07, 6.45) is 4.37. The molecule has 3 rings (SSSR count). The standard InChI is InChI=1S/C21H31NO2/c1-15-5-4-8-22(13-15)14-19-11-16(2)12-20(17(19)3)21(23)18-6-9-24-10-7-18/h11-12,15,18H,4-10,13-14H2,1-3H3. The van der Waals surface area contributed by atoms with E-state index in [1.165, 1.54) is 42.6 Å². The zero-order chi connectivity index (χ0) is 17.1. The predicted molar refractivity (Wildman–Crippen MR) is 97.5 cm³/mol. The molecule has 1 aromatic carbocycles. The van der Waals surface area contributed by atoms with Crippen molar-refractivity contribution in [3.63, 3.8) is 0 Å². The fourth-order valence-corrected chi connectivity index (χ4v) is 4.20. The van der Waals surface area contributed by atoms with Crippen LogP contribution in [0.3, 0.4) is 0 Å². The Morgan fingerprint density at radius 2 is 1.96 bits per heavy atom. The SMILES string of the molecule is Cc1cc(CN2CCCC(C)C2)c(C)c(C(=O)C2CCOCC2)c1. The van der Waals surface area contributed by atoms with Crippen LogP contribution in [0.4, 0.5) is 0 Å². The number of carbonyl (C=O) groups excluding carboxylic acids is 1. The largest absolute Gasteiger partial charge is 0.381 e. The Kier molecular flexibility index (Phi) is 5.72. The molecule has 2 aliphatic heterocycles. The van der Waals surface area contributed by atoms with Crippen LogP contribution in [-0.4, -0.2) is 37.0 Å². The molecule has 0 aliphatic carbocycles. The van der Waals surface area contributed by atoms with Gasteiger partial charge in [0.15, 0.2) is 5.78 Å². The van der Waals surface area contributed by atoms with E-state index >= 15 is 0 Å². The Bertz CT molecular complexity index is 590. The first-order valence-electron chi connectivity index (χ1n) is 9.49.